The predicted octanol–water partition coefficient (Wildman–Crippen LogP) is 2.79. The van der Waals surface area contributed by atoms with E-state index in [1.807, 2.05) is 56.3 Å². The van der Waals surface area contributed by atoms with Crippen molar-refractivity contribution in [3.8, 4) is 0 Å². The Hall–Kier alpha value is -2.38. The van der Waals surface area contributed by atoms with Crippen LogP contribution in [0.3, 0.4) is 0 Å². The molecule has 0 aliphatic carbocycles. The van der Waals surface area contributed by atoms with Crippen molar-refractivity contribution in [3.05, 3.63) is 65.2 Å². The minimum atomic E-state index is -3.63. The van der Waals surface area contributed by atoms with Gasteiger partial charge in [-0.3, -0.25) is 9.10 Å². The summed E-state index contributed by atoms with van der Waals surface area (Å²) in [7, 11) is -3.63. The molecule has 0 aromatic heterocycles. The van der Waals surface area contributed by atoms with Crippen molar-refractivity contribution in [1.29, 1.82) is 0 Å². The number of aryl methyl sites for hydroxylation is 2. The third kappa shape index (κ3) is 6.07. The molecular weight excluding hydrogens is 376 g/mol. The molecule has 0 spiro atoms. The lowest BCUT2D eigenvalue weighted by Gasteiger charge is -2.29. The first-order valence-corrected chi connectivity index (χ1v) is 11.0. The standard InChI is InChI=1S/C21H28N2O4S/c1-16-10-11-17(2)20(14-16)23(28(4,25)26)18(3)21(24)22-12-13-27-15-19-8-6-5-7-9-19/h5-11,14,18H,12-13,15H2,1-4H3,(H,22,24). The second-order valence-electron chi connectivity index (χ2n) is 6.85. The topological polar surface area (TPSA) is 75.7 Å². The van der Waals surface area contributed by atoms with Gasteiger partial charge >= 0.3 is 0 Å². The van der Waals surface area contributed by atoms with Crippen molar-refractivity contribution < 1.29 is 17.9 Å². The Bertz CT molecular complexity index is 898. The number of ether oxygens (including phenoxy) is 1. The minimum absolute atomic E-state index is 0.306. The van der Waals surface area contributed by atoms with Gasteiger partial charge in [-0.2, -0.15) is 0 Å². The number of amides is 1. The molecule has 2 aromatic rings. The lowest BCUT2D eigenvalue weighted by molar-refractivity contribution is -0.122. The van der Waals surface area contributed by atoms with Crippen LogP contribution in [0.25, 0.3) is 0 Å². The molecule has 7 heteroatoms. The number of benzene rings is 2. The highest BCUT2D eigenvalue weighted by Crippen LogP contribution is 2.26. The molecule has 0 radical (unpaired) electrons. The zero-order valence-corrected chi connectivity index (χ0v) is 17.6. The fourth-order valence-corrected chi connectivity index (χ4v) is 4.12. The van der Waals surface area contributed by atoms with E-state index in [-0.39, 0.29) is 5.91 Å². The fraction of sp³-hybridized carbons (Fsp3) is 0.381. The number of sulfonamides is 1. The molecule has 28 heavy (non-hydrogen) atoms. The molecule has 1 atom stereocenters. The van der Waals surface area contributed by atoms with E-state index in [0.29, 0.717) is 25.4 Å². The van der Waals surface area contributed by atoms with Gasteiger partial charge in [0.1, 0.15) is 6.04 Å². The summed E-state index contributed by atoms with van der Waals surface area (Å²) in [4.78, 5) is 12.6. The summed E-state index contributed by atoms with van der Waals surface area (Å²) in [6, 6.07) is 14.4. The van der Waals surface area contributed by atoms with Gasteiger partial charge in [-0.1, -0.05) is 42.5 Å². The van der Waals surface area contributed by atoms with E-state index in [4.69, 9.17) is 4.74 Å². The smallest absolute Gasteiger partial charge is 0.243 e. The molecule has 2 rings (SSSR count). The van der Waals surface area contributed by atoms with E-state index in [2.05, 4.69) is 5.32 Å². The first-order valence-electron chi connectivity index (χ1n) is 9.16. The van der Waals surface area contributed by atoms with E-state index >= 15 is 0 Å². The number of anilines is 1. The summed E-state index contributed by atoms with van der Waals surface area (Å²) in [6.07, 6.45) is 1.11. The van der Waals surface area contributed by atoms with Crippen LogP contribution in [-0.4, -0.2) is 39.8 Å². The molecule has 0 saturated carbocycles. The van der Waals surface area contributed by atoms with Crippen molar-refractivity contribution in [1.82, 2.24) is 5.32 Å². The average Bonchev–Trinajstić information content (AvgIpc) is 2.64. The maximum Gasteiger partial charge on any atom is 0.243 e. The highest BCUT2D eigenvalue weighted by Gasteiger charge is 2.30. The second kappa shape index (κ2) is 9.71. The second-order valence-corrected chi connectivity index (χ2v) is 8.71. The molecule has 1 N–H and O–H groups in total. The SMILES string of the molecule is Cc1ccc(C)c(N(C(C)C(=O)NCCOCc2ccccc2)S(C)(=O)=O)c1. The average molecular weight is 405 g/mol. The molecule has 1 unspecified atom stereocenters. The molecule has 0 aliphatic rings. The molecule has 1 amide bonds. The van der Waals surface area contributed by atoms with Gasteiger partial charge < -0.3 is 10.1 Å². The van der Waals surface area contributed by atoms with Crippen LogP contribution < -0.4 is 9.62 Å². The third-order valence-electron chi connectivity index (χ3n) is 4.35. The van der Waals surface area contributed by atoms with Gasteiger partial charge in [0, 0.05) is 6.54 Å². The fourth-order valence-electron chi connectivity index (χ4n) is 2.90. The molecule has 2 aromatic carbocycles. The van der Waals surface area contributed by atoms with Gasteiger partial charge in [0.15, 0.2) is 0 Å². The van der Waals surface area contributed by atoms with E-state index in [9.17, 15) is 13.2 Å². The summed E-state index contributed by atoms with van der Waals surface area (Å²) in [5, 5.41) is 2.76. The molecule has 0 heterocycles. The molecule has 152 valence electrons. The van der Waals surface area contributed by atoms with Crippen molar-refractivity contribution in [2.45, 2.75) is 33.4 Å². The number of nitrogens with one attached hydrogen (secondary N) is 1. The van der Waals surface area contributed by atoms with Crippen LogP contribution in [0.5, 0.6) is 0 Å². The van der Waals surface area contributed by atoms with Crippen LogP contribution in [0.4, 0.5) is 5.69 Å². The molecule has 0 saturated heterocycles. The van der Waals surface area contributed by atoms with Gasteiger partial charge in [-0.15, -0.1) is 0 Å². The van der Waals surface area contributed by atoms with Gasteiger partial charge in [-0.05, 0) is 43.5 Å². The maximum atomic E-state index is 12.6. The van der Waals surface area contributed by atoms with Crippen LogP contribution in [0.2, 0.25) is 0 Å². The Balaban J connectivity index is 1.97. The van der Waals surface area contributed by atoms with Crippen LogP contribution >= 0.6 is 0 Å². The van der Waals surface area contributed by atoms with Gasteiger partial charge in [0.2, 0.25) is 15.9 Å². The van der Waals surface area contributed by atoms with Crippen molar-refractivity contribution >= 4 is 21.6 Å². The Labute approximate surface area is 167 Å². The number of nitrogens with zero attached hydrogens (tertiary/aromatic N) is 1. The zero-order chi connectivity index (χ0) is 20.7. The monoisotopic (exact) mass is 404 g/mol. The lowest BCUT2D eigenvalue weighted by atomic mass is 10.1. The van der Waals surface area contributed by atoms with Crippen molar-refractivity contribution in [2.24, 2.45) is 0 Å². The normalized spacial score (nSPS) is 12.4. The number of carbonyl (C=O) groups is 1. The first-order chi connectivity index (χ1) is 13.2. The molecule has 0 aliphatic heterocycles. The van der Waals surface area contributed by atoms with Gasteiger partial charge in [0.05, 0.1) is 25.2 Å². The number of hydrogen-bond acceptors (Lipinski definition) is 4. The number of hydrogen-bond donors (Lipinski definition) is 1. The summed E-state index contributed by atoms with van der Waals surface area (Å²) in [5.41, 5.74) is 3.30. The molecule has 6 nitrogen and oxygen atoms in total. The number of carbonyl (C=O) groups excluding carboxylic acids is 1. The van der Waals surface area contributed by atoms with Gasteiger partial charge in [0.25, 0.3) is 0 Å². The minimum Gasteiger partial charge on any atom is -0.375 e. The van der Waals surface area contributed by atoms with Crippen molar-refractivity contribution in [3.63, 3.8) is 0 Å². The zero-order valence-electron chi connectivity index (χ0n) is 16.8. The molecule has 0 bridgehead atoms. The summed E-state index contributed by atoms with van der Waals surface area (Å²) >= 11 is 0. The quantitative estimate of drug-likeness (QED) is 0.652. The maximum absolute atomic E-state index is 12.6. The molecular formula is C21H28N2O4S. The first kappa shape index (κ1) is 21.9. The van der Waals surface area contributed by atoms with Crippen LogP contribution in [0.1, 0.15) is 23.6 Å². The third-order valence-corrected chi connectivity index (χ3v) is 5.58. The van der Waals surface area contributed by atoms with Crippen LogP contribution in [-0.2, 0) is 26.2 Å². The Morgan fingerprint density at radius 3 is 2.46 bits per heavy atom. The molecule has 0 fully saturated rings. The Morgan fingerprint density at radius 1 is 1.14 bits per heavy atom. The highest BCUT2D eigenvalue weighted by atomic mass is 32.2. The van der Waals surface area contributed by atoms with E-state index in [1.165, 1.54) is 4.31 Å². The largest absolute Gasteiger partial charge is 0.375 e. The van der Waals surface area contributed by atoms with E-state index in [1.54, 1.807) is 13.0 Å². The number of rotatable bonds is 9. The van der Waals surface area contributed by atoms with Gasteiger partial charge in [-0.25, -0.2) is 8.42 Å². The van der Waals surface area contributed by atoms with Crippen molar-refractivity contribution in [2.75, 3.05) is 23.7 Å². The highest BCUT2D eigenvalue weighted by molar-refractivity contribution is 7.92. The predicted molar refractivity (Wildman–Crippen MR) is 112 cm³/mol. The Kier molecular flexibility index (Phi) is 7.60. The lowest BCUT2D eigenvalue weighted by Crippen LogP contribution is -2.48. The van der Waals surface area contributed by atoms with Crippen LogP contribution in [0.15, 0.2) is 48.5 Å². The van der Waals surface area contributed by atoms with E-state index in [0.717, 1.165) is 22.9 Å². The van der Waals surface area contributed by atoms with Crippen LogP contribution in [0, 0.1) is 13.8 Å². The Morgan fingerprint density at radius 2 is 1.82 bits per heavy atom. The van der Waals surface area contributed by atoms with E-state index < -0.39 is 16.1 Å². The summed E-state index contributed by atoms with van der Waals surface area (Å²) in [6.45, 7) is 6.41. The summed E-state index contributed by atoms with van der Waals surface area (Å²) < 4.78 is 31.5. The summed E-state index contributed by atoms with van der Waals surface area (Å²) in [5.74, 6) is -0.366.